The lowest BCUT2D eigenvalue weighted by Crippen LogP contribution is -2.53. The van der Waals surface area contributed by atoms with Gasteiger partial charge < -0.3 is 10.1 Å². The van der Waals surface area contributed by atoms with E-state index in [2.05, 4.69) is 21.0 Å². The molecule has 0 saturated carbocycles. The second-order valence-corrected chi connectivity index (χ2v) is 7.05. The summed E-state index contributed by atoms with van der Waals surface area (Å²) in [6.07, 6.45) is 0. The minimum absolute atomic E-state index is 0.0717. The Morgan fingerprint density at radius 1 is 1.03 bits per heavy atom. The van der Waals surface area contributed by atoms with Gasteiger partial charge in [-0.05, 0) is 24.6 Å². The first-order chi connectivity index (χ1) is 14.5. The fraction of sp³-hybridized carbons (Fsp3) is 0.364. The zero-order chi connectivity index (χ0) is 21.5. The summed E-state index contributed by atoms with van der Waals surface area (Å²) in [5.74, 6) is -0.369. The van der Waals surface area contributed by atoms with Gasteiger partial charge in [-0.25, -0.2) is 0 Å². The Labute approximate surface area is 174 Å². The Morgan fingerprint density at radius 3 is 2.27 bits per heavy atom. The molecule has 8 heteroatoms. The molecule has 1 N–H and O–H groups in total. The minimum atomic E-state index is -2.97. The van der Waals surface area contributed by atoms with E-state index in [1.807, 2.05) is 35.2 Å². The van der Waals surface area contributed by atoms with E-state index in [0.717, 1.165) is 5.56 Å². The van der Waals surface area contributed by atoms with E-state index in [1.54, 1.807) is 19.1 Å². The number of rotatable bonds is 7. The Bertz CT molecular complexity index is 880. The van der Waals surface area contributed by atoms with Gasteiger partial charge >= 0.3 is 6.61 Å². The van der Waals surface area contributed by atoms with Crippen LogP contribution in [0.25, 0.3) is 0 Å². The Kier molecular flexibility index (Phi) is 7.33. The largest absolute Gasteiger partial charge is 0.433 e. The standard InChI is InChI=1S/C22H24F2N4O2/c1-16(21(29)26-18-9-5-6-10-20(18)30-22(23)24)27-11-13-28(14-12-27)19(15-25)17-7-3-2-4-8-17/h2-10,16,19,22H,11-14H2,1H3,(H,26,29). The molecule has 2 aromatic rings. The van der Waals surface area contributed by atoms with E-state index in [0.29, 0.717) is 26.2 Å². The molecule has 1 aliphatic rings. The number of nitrogens with zero attached hydrogens (tertiary/aromatic N) is 3. The predicted molar refractivity (Wildman–Crippen MR) is 109 cm³/mol. The van der Waals surface area contributed by atoms with Crippen molar-refractivity contribution in [3.05, 3.63) is 60.2 Å². The number of benzene rings is 2. The minimum Gasteiger partial charge on any atom is -0.433 e. The fourth-order valence-electron chi connectivity index (χ4n) is 3.56. The summed E-state index contributed by atoms with van der Waals surface area (Å²) < 4.78 is 29.6. The van der Waals surface area contributed by atoms with Gasteiger partial charge in [0.05, 0.1) is 17.8 Å². The van der Waals surface area contributed by atoms with Crippen LogP contribution in [0.15, 0.2) is 54.6 Å². The number of amides is 1. The topological polar surface area (TPSA) is 68.6 Å². The summed E-state index contributed by atoms with van der Waals surface area (Å²) in [4.78, 5) is 16.8. The van der Waals surface area contributed by atoms with Crippen LogP contribution in [0.1, 0.15) is 18.5 Å². The second-order valence-electron chi connectivity index (χ2n) is 7.05. The molecule has 0 aromatic heterocycles. The predicted octanol–water partition coefficient (Wildman–Crippen LogP) is 3.50. The SMILES string of the molecule is CC(C(=O)Nc1ccccc1OC(F)F)N1CCN(C(C#N)c2ccccc2)CC1. The third-order valence-electron chi connectivity index (χ3n) is 5.24. The fourth-order valence-corrected chi connectivity index (χ4v) is 3.56. The van der Waals surface area contributed by atoms with E-state index in [1.165, 1.54) is 12.1 Å². The van der Waals surface area contributed by atoms with Crippen LogP contribution >= 0.6 is 0 Å². The number of carbonyl (C=O) groups excluding carboxylic acids is 1. The van der Waals surface area contributed by atoms with Crippen LogP contribution in [0.2, 0.25) is 0 Å². The van der Waals surface area contributed by atoms with Crippen molar-refractivity contribution in [2.24, 2.45) is 0 Å². The Morgan fingerprint density at radius 2 is 1.63 bits per heavy atom. The first-order valence-corrected chi connectivity index (χ1v) is 9.77. The Balaban J connectivity index is 1.58. The van der Waals surface area contributed by atoms with E-state index in [4.69, 9.17) is 0 Å². The van der Waals surface area contributed by atoms with Gasteiger partial charge in [0.2, 0.25) is 5.91 Å². The third-order valence-corrected chi connectivity index (χ3v) is 5.24. The summed E-state index contributed by atoms with van der Waals surface area (Å²) in [6.45, 7) is 1.35. The molecule has 0 spiro atoms. The zero-order valence-electron chi connectivity index (χ0n) is 16.7. The molecular formula is C22H24F2N4O2. The molecular weight excluding hydrogens is 390 g/mol. The number of carbonyl (C=O) groups is 1. The summed E-state index contributed by atoms with van der Waals surface area (Å²) in [5.41, 5.74) is 1.16. The van der Waals surface area contributed by atoms with Crippen molar-refractivity contribution in [2.75, 3.05) is 31.5 Å². The number of hydrogen-bond acceptors (Lipinski definition) is 5. The van der Waals surface area contributed by atoms with Crippen molar-refractivity contribution >= 4 is 11.6 Å². The van der Waals surface area contributed by atoms with Crippen LogP contribution in [0.5, 0.6) is 5.75 Å². The molecule has 2 aromatic carbocycles. The number of anilines is 1. The maximum atomic E-state index is 12.7. The average molecular weight is 414 g/mol. The van der Waals surface area contributed by atoms with Crippen LogP contribution in [0, 0.1) is 11.3 Å². The monoisotopic (exact) mass is 414 g/mol. The van der Waals surface area contributed by atoms with Crippen molar-refractivity contribution in [1.82, 2.24) is 9.80 Å². The molecule has 0 aliphatic carbocycles. The van der Waals surface area contributed by atoms with Crippen molar-refractivity contribution < 1.29 is 18.3 Å². The lowest BCUT2D eigenvalue weighted by molar-refractivity contribution is -0.121. The van der Waals surface area contributed by atoms with Crippen LogP contribution in [0.4, 0.5) is 14.5 Å². The number of halogens is 2. The highest BCUT2D eigenvalue weighted by Crippen LogP contribution is 2.26. The molecule has 3 rings (SSSR count). The van der Waals surface area contributed by atoms with Crippen molar-refractivity contribution in [3.63, 3.8) is 0 Å². The summed E-state index contributed by atoms with van der Waals surface area (Å²) in [7, 11) is 0. The van der Waals surface area contributed by atoms with Crippen LogP contribution in [-0.2, 0) is 4.79 Å². The summed E-state index contributed by atoms with van der Waals surface area (Å²) in [6, 6.07) is 17.3. The molecule has 0 radical (unpaired) electrons. The number of piperazine rings is 1. The van der Waals surface area contributed by atoms with E-state index in [9.17, 15) is 18.8 Å². The molecule has 158 valence electrons. The number of ether oxygens (including phenoxy) is 1. The highest BCUT2D eigenvalue weighted by atomic mass is 19.3. The van der Waals surface area contributed by atoms with Gasteiger partial charge in [-0.2, -0.15) is 14.0 Å². The second kappa shape index (κ2) is 10.1. The van der Waals surface area contributed by atoms with Crippen LogP contribution in [-0.4, -0.2) is 54.5 Å². The van der Waals surface area contributed by atoms with Gasteiger partial charge in [-0.3, -0.25) is 14.6 Å². The average Bonchev–Trinajstić information content (AvgIpc) is 2.76. The highest BCUT2D eigenvalue weighted by molar-refractivity contribution is 5.95. The molecule has 0 bridgehead atoms. The molecule has 1 fully saturated rings. The normalized spacial score (nSPS) is 17.2. The third kappa shape index (κ3) is 5.32. The van der Waals surface area contributed by atoms with E-state index < -0.39 is 12.7 Å². The molecule has 1 aliphatic heterocycles. The van der Waals surface area contributed by atoms with Crippen molar-refractivity contribution in [1.29, 1.82) is 5.26 Å². The van der Waals surface area contributed by atoms with E-state index in [-0.39, 0.29) is 23.4 Å². The van der Waals surface area contributed by atoms with Gasteiger partial charge in [-0.15, -0.1) is 0 Å². The first kappa shape index (κ1) is 21.7. The zero-order valence-corrected chi connectivity index (χ0v) is 16.7. The lowest BCUT2D eigenvalue weighted by atomic mass is 10.1. The number of nitriles is 1. The molecule has 2 atom stereocenters. The highest BCUT2D eigenvalue weighted by Gasteiger charge is 2.29. The number of para-hydroxylation sites is 2. The van der Waals surface area contributed by atoms with Gasteiger partial charge in [0.25, 0.3) is 0 Å². The smallest absolute Gasteiger partial charge is 0.387 e. The molecule has 1 saturated heterocycles. The maximum absolute atomic E-state index is 12.7. The van der Waals surface area contributed by atoms with Gasteiger partial charge in [0.15, 0.2) is 0 Å². The maximum Gasteiger partial charge on any atom is 0.387 e. The van der Waals surface area contributed by atoms with Crippen LogP contribution < -0.4 is 10.1 Å². The molecule has 30 heavy (non-hydrogen) atoms. The molecule has 2 unspecified atom stereocenters. The molecule has 1 heterocycles. The van der Waals surface area contributed by atoms with E-state index >= 15 is 0 Å². The molecule has 1 amide bonds. The van der Waals surface area contributed by atoms with Gasteiger partial charge in [0.1, 0.15) is 11.8 Å². The lowest BCUT2D eigenvalue weighted by Gasteiger charge is -2.39. The summed E-state index contributed by atoms with van der Waals surface area (Å²) >= 11 is 0. The van der Waals surface area contributed by atoms with Gasteiger partial charge in [0, 0.05) is 26.2 Å². The van der Waals surface area contributed by atoms with Gasteiger partial charge in [-0.1, -0.05) is 42.5 Å². The Hall–Kier alpha value is -3.02. The number of hydrogen-bond donors (Lipinski definition) is 1. The number of nitrogens with one attached hydrogen (secondary N) is 1. The first-order valence-electron chi connectivity index (χ1n) is 9.77. The number of alkyl halides is 2. The van der Waals surface area contributed by atoms with Crippen molar-refractivity contribution in [2.45, 2.75) is 25.6 Å². The quantitative estimate of drug-likeness (QED) is 0.751. The van der Waals surface area contributed by atoms with Crippen molar-refractivity contribution in [3.8, 4) is 11.8 Å². The van der Waals surface area contributed by atoms with Crippen LogP contribution in [0.3, 0.4) is 0 Å². The summed E-state index contributed by atoms with van der Waals surface area (Å²) in [5, 5.41) is 12.3. The molecule has 6 nitrogen and oxygen atoms in total.